The van der Waals surface area contributed by atoms with Gasteiger partial charge in [0.2, 0.25) is 0 Å². The summed E-state index contributed by atoms with van der Waals surface area (Å²) in [6.07, 6.45) is 10.3. The molecule has 146 valence electrons. The zero-order valence-electron chi connectivity index (χ0n) is 15.7. The average molecular weight is 407 g/mol. The molecular weight excluding hydrogens is 379 g/mol. The van der Waals surface area contributed by atoms with Crippen LogP contribution >= 0.6 is 24.8 Å². The number of piperidine rings is 1. The van der Waals surface area contributed by atoms with Crippen LogP contribution in [0.4, 0.5) is 0 Å². The summed E-state index contributed by atoms with van der Waals surface area (Å²) >= 11 is 0. The minimum atomic E-state index is -0.207. The lowest BCUT2D eigenvalue weighted by Crippen LogP contribution is -2.54. The second-order valence-electron chi connectivity index (χ2n) is 6.75. The van der Waals surface area contributed by atoms with E-state index in [0.29, 0.717) is 6.42 Å². The molecule has 1 fully saturated rings. The Morgan fingerprint density at radius 3 is 2.52 bits per heavy atom. The highest BCUT2D eigenvalue weighted by Gasteiger charge is 2.39. The number of methoxy groups -OCH3 is 1. The first-order chi connectivity index (χ1) is 12.2. The third kappa shape index (κ3) is 4.97. The van der Waals surface area contributed by atoms with Crippen LogP contribution < -0.4 is 10.6 Å². The van der Waals surface area contributed by atoms with Crippen molar-refractivity contribution < 1.29 is 4.74 Å². The maximum Gasteiger partial charge on any atom is 0.122 e. The van der Waals surface area contributed by atoms with Crippen molar-refractivity contribution in [2.45, 2.75) is 37.6 Å². The van der Waals surface area contributed by atoms with E-state index in [1.54, 1.807) is 7.11 Å². The number of rotatable bonds is 5. The van der Waals surface area contributed by atoms with Gasteiger partial charge in [0.15, 0.2) is 0 Å². The predicted octanol–water partition coefficient (Wildman–Crippen LogP) is 4.51. The Morgan fingerprint density at radius 2 is 1.89 bits per heavy atom. The highest BCUT2D eigenvalue weighted by atomic mass is 35.5. The van der Waals surface area contributed by atoms with Gasteiger partial charge in [0.1, 0.15) is 5.75 Å². The number of benzene rings is 2. The summed E-state index contributed by atoms with van der Waals surface area (Å²) in [5.74, 6) is 10.2. The number of ether oxygens (including phenoxy) is 1. The number of hydrogen-bond acceptors (Lipinski definition) is 3. The summed E-state index contributed by atoms with van der Waals surface area (Å²) in [6, 6.07) is 16.8. The minimum absolute atomic E-state index is 0. The van der Waals surface area contributed by atoms with E-state index in [2.05, 4.69) is 42.3 Å². The third-order valence-electron chi connectivity index (χ3n) is 5.23. The van der Waals surface area contributed by atoms with Gasteiger partial charge < -0.3 is 4.74 Å². The Balaban J connectivity index is 0.00000182. The fourth-order valence-corrected chi connectivity index (χ4v) is 3.92. The van der Waals surface area contributed by atoms with E-state index in [4.69, 9.17) is 17.0 Å². The normalized spacial score (nSPS) is 19.3. The Morgan fingerprint density at radius 1 is 1.15 bits per heavy atom. The fraction of sp³-hybridized carbons (Fsp3) is 0.364. The van der Waals surface area contributed by atoms with Gasteiger partial charge in [0.25, 0.3) is 0 Å². The lowest BCUT2D eigenvalue weighted by atomic mass is 9.76. The van der Waals surface area contributed by atoms with Crippen LogP contribution in [0, 0.1) is 12.3 Å². The molecule has 1 aliphatic rings. The number of nitrogens with zero attached hydrogens (tertiary/aromatic N) is 1. The van der Waals surface area contributed by atoms with Crippen molar-refractivity contribution >= 4 is 24.8 Å². The molecule has 5 heteroatoms. The molecule has 0 saturated carbocycles. The zero-order chi connectivity index (χ0) is 17.7. The molecule has 1 atom stereocenters. The number of hydrogen-bond donors (Lipinski definition) is 1. The molecule has 0 radical (unpaired) electrons. The van der Waals surface area contributed by atoms with Crippen molar-refractivity contribution in [1.29, 1.82) is 0 Å². The van der Waals surface area contributed by atoms with E-state index in [9.17, 15) is 0 Å². The van der Waals surface area contributed by atoms with E-state index < -0.39 is 0 Å². The first-order valence-corrected chi connectivity index (χ1v) is 8.87. The van der Waals surface area contributed by atoms with Crippen LogP contribution in [0.3, 0.4) is 0 Å². The molecule has 3 nitrogen and oxygen atoms in total. The summed E-state index contributed by atoms with van der Waals surface area (Å²) < 4.78 is 5.63. The van der Waals surface area contributed by atoms with Crippen molar-refractivity contribution in [1.82, 2.24) is 5.01 Å². The molecular formula is C22H28Cl2N2O. The van der Waals surface area contributed by atoms with Gasteiger partial charge in [-0.05, 0) is 48.4 Å². The van der Waals surface area contributed by atoms with Gasteiger partial charge >= 0.3 is 0 Å². The zero-order valence-corrected chi connectivity index (χ0v) is 17.3. The smallest absolute Gasteiger partial charge is 0.122 e. The number of terminal acetylenes is 1. The molecule has 2 aromatic carbocycles. The van der Waals surface area contributed by atoms with Gasteiger partial charge in [0.05, 0.1) is 12.6 Å². The first kappa shape index (κ1) is 23.3. The summed E-state index contributed by atoms with van der Waals surface area (Å²) in [5, 5.41) is 2.03. The number of hydrazine groups is 1. The maximum atomic E-state index is 6.54. The molecule has 0 aromatic heterocycles. The Labute approximate surface area is 175 Å². The fourth-order valence-electron chi connectivity index (χ4n) is 3.92. The van der Waals surface area contributed by atoms with Crippen LogP contribution in [0.15, 0.2) is 48.5 Å². The van der Waals surface area contributed by atoms with Gasteiger partial charge in [-0.15, -0.1) is 37.2 Å². The minimum Gasteiger partial charge on any atom is -0.496 e. The van der Waals surface area contributed by atoms with Crippen LogP contribution in [-0.2, 0) is 18.4 Å². The standard InChI is InChI=1S/C22H26N2O.2ClH/c1-3-9-18-12-13-21(25-2)19(16-18)17-22(14-7-8-15-24(22)23)20-10-5-4-6-11-20;;/h1,4-6,10-13,16H,7-9,14-15,17,23H2,2H3;2*1H. The lowest BCUT2D eigenvalue weighted by molar-refractivity contribution is 0.0420. The molecule has 0 spiro atoms. The second kappa shape index (κ2) is 10.6. The van der Waals surface area contributed by atoms with Crippen LogP contribution in [0.2, 0.25) is 0 Å². The average Bonchev–Trinajstić information content (AvgIpc) is 2.65. The van der Waals surface area contributed by atoms with Crippen LogP contribution in [0.25, 0.3) is 0 Å². The molecule has 27 heavy (non-hydrogen) atoms. The number of nitrogens with two attached hydrogens (primary N) is 1. The first-order valence-electron chi connectivity index (χ1n) is 8.87. The highest BCUT2D eigenvalue weighted by molar-refractivity contribution is 5.85. The van der Waals surface area contributed by atoms with Crippen LogP contribution in [0.1, 0.15) is 36.0 Å². The van der Waals surface area contributed by atoms with Crippen molar-refractivity contribution in [3.63, 3.8) is 0 Å². The monoisotopic (exact) mass is 406 g/mol. The number of halogens is 2. The molecule has 0 bridgehead atoms. The molecule has 2 aromatic rings. The van der Waals surface area contributed by atoms with Gasteiger partial charge in [-0.3, -0.25) is 5.84 Å². The molecule has 2 N–H and O–H groups in total. The van der Waals surface area contributed by atoms with Gasteiger partial charge in [-0.25, -0.2) is 5.01 Å². The molecule has 3 rings (SSSR count). The van der Waals surface area contributed by atoms with Gasteiger partial charge in [-0.2, -0.15) is 0 Å². The Hall–Kier alpha value is -1.70. The van der Waals surface area contributed by atoms with Crippen molar-refractivity contribution in [2.24, 2.45) is 5.84 Å². The van der Waals surface area contributed by atoms with Gasteiger partial charge in [0, 0.05) is 13.0 Å². The quantitative estimate of drug-likeness (QED) is 0.586. The summed E-state index contributed by atoms with van der Waals surface area (Å²) in [6.45, 7) is 0.904. The van der Waals surface area contributed by atoms with Crippen molar-refractivity contribution in [3.8, 4) is 18.1 Å². The van der Waals surface area contributed by atoms with E-state index in [1.165, 1.54) is 12.0 Å². The summed E-state index contributed by atoms with van der Waals surface area (Å²) in [5.41, 5.74) is 3.36. The molecule has 1 aliphatic heterocycles. The van der Waals surface area contributed by atoms with Crippen molar-refractivity contribution in [3.05, 3.63) is 65.2 Å². The molecule has 0 amide bonds. The highest BCUT2D eigenvalue weighted by Crippen LogP contribution is 2.40. The predicted molar refractivity (Wildman–Crippen MR) is 117 cm³/mol. The lowest BCUT2D eigenvalue weighted by Gasteiger charge is -2.45. The van der Waals surface area contributed by atoms with Gasteiger partial charge in [-0.1, -0.05) is 42.5 Å². The van der Waals surface area contributed by atoms with Crippen molar-refractivity contribution in [2.75, 3.05) is 13.7 Å². The molecule has 1 heterocycles. The van der Waals surface area contributed by atoms with E-state index in [0.717, 1.165) is 42.7 Å². The topological polar surface area (TPSA) is 38.5 Å². The maximum absolute atomic E-state index is 6.54. The Kier molecular flexibility index (Phi) is 9.15. The molecule has 1 unspecified atom stereocenters. The van der Waals surface area contributed by atoms with Crippen LogP contribution in [-0.4, -0.2) is 18.7 Å². The van der Waals surface area contributed by atoms with E-state index in [-0.39, 0.29) is 30.4 Å². The second-order valence-corrected chi connectivity index (χ2v) is 6.75. The molecule has 0 aliphatic carbocycles. The molecule has 1 saturated heterocycles. The summed E-state index contributed by atoms with van der Waals surface area (Å²) in [4.78, 5) is 0. The Bertz CT molecular complexity index is 761. The van der Waals surface area contributed by atoms with E-state index in [1.807, 2.05) is 17.1 Å². The van der Waals surface area contributed by atoms with E-state index >= 15 is 0 Å². The SMILES string of the molecule is C#CCc1ccc(OC)c(CC2(c3ccccc3)CCCCN2N)c1.Cl.Cl. The largest absolute Gasteiger partial charge is 0.496 e. The van der Waals surface area contributed by atoms with Crippen LogP contribution in [0.5, 0.6) is 5.75 Å². The third-order valence-corrected chi connectivity index (χ3v) is 5.23. The summed E-state index contributed by atoms with van der Waals surface area (Å²) in [7, 11) is 1.72.